The number of carbonyl (C=O) groups excluding carboxylic acids is 1. The van der Waals surface area contributed by atoms with Crippen molar-refractivity contribution in [1.29, 1.82) is 0 Å². The first-order valence-corrected chi connectivity index (χ1v) is 7.68. The van der Waals surface area contributed by atoms with Gasteiger partial charge in [-0.25, -0.2) is 4.39 Å². The highest BCUT2D eigenvalue weighted by Gasteiger charge is 2.14. The van der Waals surface area contributed by atoms with Gasteiger partial charge in [0.05, 0.1) is 0 Å². The van der Waals surface area contributed by atoms with Crippen LogP contribution in [0.1, 0.15) is 34.2 Å². The van der Waals surface area contributed by atoms with Crippen LogP contribution in [-0.4, -0.2) is 36.1 Å². The fourth-order valence-corrected chi connectivity index (χ4v) is 2.54. The lowest BCUT2D eigenvalue weighted by Gasteiger charge is -2.03. The zero-order chi connectivity index (χ0) is 17.8. The van der Waals surface area contributed by atoms with Gasteiger partial charge in [-0.15, -0.1) is 10.2 Å². The SMILES string of the molecule is CCc1cn(Cc2cccc(F)c2)cc1C(O)=CC(=O)c1nn[nH]n1. The van der Waals surface area contributed by atoms with Gasteiger partial charge in [0.2, 0.25) is 11.6 Å². The number of ketones is 1. The van der Waals surface area contributed by atoms with Crippen LogP contribution in [0.5, 0.6) is 0 Å². The number of nitrogens with zero attached hydrogens (tertiary/aromatic N) is 4. The molecule has 0 fully saturated rings. The Bertz CT molecular complexity index is 915. The van der Waals surface area contributed by atoms with Crippen molar-refractivity contribution in [3.8, 4) is 0 Å². The zero-order valence-corrected chi connectivity index (χ0v) is 13.5. The molecular formula is C17H16FN5O2. The summed E-state index contributed by atoms with van der Waals surface area (Å²) >= 11 is 0. The van der Waals surface area contributed by atoms with E-state index in [4.69, 9.17) is 0 Å². The average molecular weight is 341 g/mol. The number of carbonyl (C=O) groups is 1. The summed E-state index contributed by atoms with van der Waals surface area (Å²) in [6, 6.07) is 6.32. The number of aryl methyl sites for hydroxylation is 1. The molecule has 0 aliphatic carbocycles. The molecule has 0 saturated carbocycles. The topological polar surface area (TPSA) is 96.7 Å². The average Bonchev–Trinajstić information content (AvgIpc) is 3.24. The number of hydrogen-bond acceptors (Lipinski definition) is 5. The molecule has 3 rings (SSSR count). The summed E-state index contributed by atoms with van der Waals surface area (Å²) in [7, 11) is 0. The molecule has 2 N–H and O–H groups in total. The number of benzene rings is 1. The van der Waals surface area contributed by atoms with Crippen molar-refractivity contribution in [1.82, 2.24) is 25.2 Å². The molecule has 0 amide bonds. The van der Waals surface area contributed by atoms with E-state index < -0.39 is 5.78 Å². The smallest absolute Gasteiger partial charge is 0.244 e. The van der Waals surface area contributed by atoms with Gasteiger partial charge in [-0.2, -0.15) is 5.21 Å². The number of tetrazole rings is 1. The summed E-state index contributed by atoms with van der Waals surface area (Å²) in [6.07, 6.45) is 5.31. The number of aliphatic hydroxyl groups excluding tert-OH is 1. The van der Waals surface area contributed by atoms with Crippen LogP contribution < -0.4 is 0 Å². The molecule has 0 bridgehead atoms. The molecule has 7 nitrogen and oxygen atoms in total. The molecule has 128 valence electrons. The van der Waals surface area contributed by atoms with Crippen LogP contribution in [-0.2, 0) is 13.0 Å². The predicted molar refractivity (Wildman–Crippen MR) is 88.4 cm³/mol. The quantitative estimate of drug-likeness (QED) is 0.408. The van der Waals surface area contributed by atoms with Gasteiger partial charge in [-0.05, 0) is 34.9 Å². The maximum atomic E-state index is 13.3. The highest BCUT2D eigenvalue weighted by molar-refractivity contribution is 6.05. The normalized spacial score (nSPS) is 11.7. The van der Waals surface area contributed by atoms with Crippen molar-refractivity contribution < 1.29 is 14.3 Å². The number of nitrogens with one attached hydrogen (secondary N) is 1. The number of hydrogen-bond donors (Lipinski definition) is 2. The van der Waals surface area contributed by atoms with Crippen LogP contribution >= 0.6 is 0 Å². The zero-order valence-electron chi connectivity index (χ0n) is 13.5. The van der Waals surface area contributed by atoms with Crippen molar-refractivity contribution in [3.05, 3.63) is 71.1 Å². The minimum Gasteiger partial charge on any atom is -0.507 e. The summed E-state index contributed by atoms with van der Waals surface area (Å²) in [4.78, 5) is 12.0. The lowest BCUT2D eigenvalue weighted by molar-refractivity contribution is 0.103. The van der Waals surface area contributed by atoms with E-state index in [1.54, 1.807) is 12.3 Å². The molecule has 2 heterocycles. The van der Waals surface area contributed by atoms with E-state index in [0.717, 1.165) is 17.2 Å². The molecule has 2 aromatic heterocycles. The first-order chi connectivity index (χ1) is 12.1. The van der Waals surface area contributed by atoms with E-state index in [0.29, 0.717) is 18.5 Å². The van der Waals surface area contributed by atoms with Gasteiger partial charge in [0.1, 0.15) is 11.6 Å². The lowest BCUT2D eigenvalue weighted by atomic mass is 10.1. The van der Waals surface area contributed by atoms with Gasteiger partial charge < -0.3 is 9.67 Å². The Morgan fingerprint density at radius 1 is 1.40 bits per heavy atom. The number of aromatic amines is 1. The second kappa shape index (κ2) is 7.08. The van der Waals surface area contributed by atoms with Crippen LogP contribution in [0.3, 0.4) is 0 Å². The summed E-state index contributed by atoms with van der Waals surface area (Å²) in [6.45, 7) is 2.40. The van der Waals surface area contributed by atoms with Crippen molar-refractivity contribution in [2.45, 2.75) is 19.9 Å². The molecule has 8 heteroatoms. The Balaban J connectivity index is 1.86. The Hall–Kier alpha value is -3.29. The van der Waals surface area contributed by atoms with Gasteiger partial charge in [-0.3, -0.25) is 4.79 Å². The number of halogens is 1. The first kappa shape index (κ1) is 16.6. The van der Waals surface area contributed by atoms with Crippen molar-refractivity contribution in [2.75, 3.05) is 0 Å². The first-order valence-electron chi connectivity index (χ1n) is 7.68. The standard InChI is InChI=1S/C17H16FN5O2/c1-2-12-9-23(8-11-4-3-5-13(18)6-11)10-14(12)15(24)7-16(25)17-19-21-22-20-17/h3-7,9-10,24H,2,8H2,1H3,(H,19,20,21,22). The molecule has 0 radical (unpaired) electrons. The fraction of sp³-hybridized carbons (Fsp3) is 0.176. The van der Waals surface area contributed by atoms with Crippen LogP contribution in [0.25, 0.3) is 5.76 Å². The highest BCUT2D eigenvalue weighted by atomic mass is 19.1. The Morgan fingerprint density at radius 3 is 2.92 bits per heavy atom. The van der Waals surface area contributed by atoms with Gasteiger partial charge in [0.25, 0.3) is 0 Å². The number of allylic oxidation sites excluding steroid dienone is 1. The fourth-order valence-electron chi connectivity index (χ4n) is 2.54. The summed E-state index contributed by atoms with van der Waals surface area (Å²) < 4.78 is 15.2. The Kier molecular flexibility index (Phi) is 4.69. The third-order valence-corrected chi connectivity index (χ3v) is 3.71. The second-order valence-corrected chi connectivity index (χ2v) is 5.48. The molecule has 0 saturated heterocycles. The Morgan fingerprint density at radius 2 is 2.24 bits per heavy atom. The van der Waals surface area contributed by atoms with E-state index in [-0.39, 0.29) is 17.4 Å². The van der Waals surface area contributed by atoms with Crippen molar-refractivity contribution in [3.63, 3.8) is 0 Å². The number of H-pyrrole nitrogens is 1. The minimum absolute atomic E-state index is 0.121. The van der Waals surface area contributed by atoms with Crippen molar-refractivity contribution in [2.24, 2.45) is 0 Å². The van der Waals surface area contributed by atoms with Crippen LogP contribution in [0, 0.1) is 5.82 Å². The molecule has 1 aromatic carbocycles. The molecule has 0 aliphatic heterocycles. The van der Waals surface area contributed by atoms with Crippen LogP contribution in [0.15, 0.2) is 42.7 Å². The number of aromatic nitrogens is 5. The highest BCUT2D eigenvalue weighted by Crippen LogP contribution is 2.21. The van der Waals surface area contributed by atoms with E-state index >= 15 is 0 Å². The molecule has 0 atom stereocenters. The van der Waals surface area contributed by atoms with Gasteiger partial charge in [0.15, 0.2) is 0 Å². The maximum Gasteiger partial charge on any atom is 0.244 e. The molecule has 0 aliphatic rings. The monoisotopic (exact) mass is 341 g/mol. The van der Waals surface area contributed by atoms with Gasteiger partial charge in [-0.1, -0.05) is 19.1 Å². The third kappa shape index (κ3) is 3.79. The minimum atomic E-state index is -0.550. The predicted octanol–water partition coefficient (Wildman–Crippen LogP) is 2.53. The molecule has 25 heavy (non-hydrogen) atoms. The molecule has 0 spiro atoms. The third-order valence-electron chi connectivity index (χ3n) is 3.71. The molecule has 0 unspecified atom stereocenters. The Labute approximate surface area is 142 Å². The van der Waals surface area contributed by atoms with Gasteiger partial charge >= 0.3 is 0 Å². The summed E-state index contributed by atoms with van der Waals surface area (Å²) in [5.74, 6) is -1.14. The van der Waals surface area contributed by atoms with E-state index in [1.165, 1.54) is 12.1 Å². The second-order valence-electron chi connectivity index (χ2n) is 5.48. The summed E-state index contributed by atoms with van der Waals surface area (Å²) in [5.41, 5.74) is 2.21. The number of aliphatic hydroxyl groups is 1. The van der Waals surface area contributed by atoms with Gasteiger partial charge in [0, 0.05) is 30.6 Å². The van der Waals surface area contributed by atoms with E-state index in [1.807, 2.05) is 23.8 Å². The summed E-state index contributed by atoms with van der Waals surface area (Å²) in [5, 5.41) is 23.0. The number of rotatable bonds is 6. The molecular weight excluding hydrogens is 325 g/mol. The largest absolute Gasteiger partial charge is 0.507 e. The van der Waals surface area contributed by atoms with Crippen LogP contribution in [0.2, 0.25) is 0 Å². The van der Waals surface area contributed by atoms with Crippen molar-refractivity contribution >= 4 is 11.5 Å². The molecule has 3 aromatic rings. The lowest BCUT2D eigenvalue weighted by Crippen LogP contribution is -2.00. The van der Waals surface area contributed by atoms with E-state index in [2.05, 4.69) is 20.6 Å². The van der Waals surface area contributed by atoms with Crippen LogP contribution in [0.4, 0.5) is 4.39 Å². The maximum absolute atomic E-state index is 13.3. The van der Waals surface area contributed by atoms with E-state index in [9.17, 15) is 14.3 Å².